The van der Waals surface area contributed by atoms with Crippen molar-refractivity contribution in [2.24, 2.45) is 5.92 Å². The summed E-state index contributed by atoms with van der Waals surface area (Å²) in [5.41, 5.74) is 4.49. The first-order valence-electron chi connectivity index (χ1n) is 4.62. The lowest BCUT2D eigenvalue weighted by molar-refractivity contribution is 0.689. The average Bonchev–Trinajstić information content (AvgIpc) is 2.08. The van der Waals surface area contributed by atoms with E-state index in [0.29, 0.717) is 5.92 Å². The Morgan fingerprint density at radius 1 is 1.42 bits per heavy atom. The summed E-state index contributed by atoms with van der Waals surface area (Å²) in [5, 5.41) is 0. The van der Waals surface area contributed by atoms with Crippen LogP contribution in [0.1, 0.15) is 34.1 Å². The van der Waals surface area contributed by atoms with Gasteiger partial charge in [0.25, 0.3) is 0 Å². The molecule has 66 valence electrons. The minimum absolute atomic E-state index is 0.667. The minimum Gasteiger partial charge on any atom is -0.0881 e. The predicted molar refractivity (Wildman–Crippen MR) is 55.1 cm³/mol. The largest absolute Gasteiger partial charge is 0.0881 e. The summed E-state index contributed by atoms with van der Waals surface area (Å²) in [4.78, 5) is 0. The van der Waals surface area contributed by atoms with Crippen molar-refractivity contribution in [3.63, 3.8) is 0 Å². The van der Waals surface area contributed by atoms with Crippen molar-refractivity contribution in [1.29, 1.82) is 0 Å². The molecule has 0 heterocycles. The fourth-order valence-electron chi connectivity index (χ4n) is 1.66. The van der Waals surface area contributed by atoms with E-state index in [1.54, 1.807) is 0 Å². The standard InChI is InChI=1S/C12H18/c1-5-10(3)12-8-9(2)6-7-11(12)4/h5-7,12H,8H2,1-4H3/b10-5-. The lowest BCUT2D eigenvalue weighted by atomic mass is 9.83. The molecule has 0 aromatic carbocycles. The van der Waals surface area contributed by atoms with Crippen molar-refractivity contribution in [3.8, 4) is 0 Å². The van der Waals surface area contributed by atoms with E-state index < -0.39 is 0 Å². The highest BCUT2D eigenvalue weighted by Crippen LogP contribution is 2.30. The van der Waals surface area contributed by atoms with Gasteiger partial charge in [0.15, 0.2) is 0 Å². The van der Waals surface area contributed by atoms with Crippen LogP contribution in [0.25, 0.3) is 0 Å². The molecule has 0 aromatic rings. The molecule has 1 atom stereocenters. The smallest absolute Gasteiger partial charge is 0.00416 e. The van der Waals surface area contributed by atoms with Gasteiger partial charge in [0.2, 0.25) is 0 Å². The van der Waals surface area contributed by atoms with Crippen LogP contribution in [0.2, 0.25) is 0 Å². The predicted octanol–water partition coefficient (Wildman–Crippen LogP) is 3.87. The summed E-state index contributed by atoms with van der Waals surface area (Å²) in [5.74, 6) is 0.667. The number of hydrogen-bond donors (Lipinski definition) is 0. The fourth-order valence-corrected chi connectivity index (χ4v) is 1.66. The van der Waals surface area contributed by atoms with Gasteiger partial charge in [-0.05, 0) is 34.1 Å². The number of rotatable bonds is 1. The van der Waals surface area contributed by atoms with Gasteiger partial charge < -0.3 is 0 Å². The zero-order valence-electron chi connectivity index (χ0n) is 8.52. The van der Waals surface area contributed by atoms with Crippen molar-refractivity contribution in [2.45, 2.75) is 34.1 Å². The quantitative estimate of drug-likeness (QED) is 0.513. The monoisotopic (exact) mass is 162 g/mol. The summed E-state index contributed by atoms with van der Waals surface area (Å²) >= 11 is 0. The van der Waals surface area contributed by atoms with E-state index in [-0.39, 0.29) is 0 Å². The highest BCUT2D eigenvalue weighted by molar-refractivity contribution is 5.30. The normalized spacial score (nSPS) is 25.0. The first kappa shape index (κ1) is 9.31. The summed E-state index contributed by atoms with van der Waals surface area (Å²) < 4.78 is 0. The van der Waals surface area contributed by atoms with Gasteiger partial charge in [-0.25, -0.2) is 0 Å². The second-order valence-corrected chi connectivity index (χ2v) is 3.71. The summed E-state index contributed by atoms with van der Waals surface area (Å²) in [6.45, 7) is 8.77. The van der Waals surface area contributed by atoms with E-state index in [1.165, 1.54) is 23.1 Å². The zero-order valence-corrected chi connectivity index (χ0v) is 8.52. The van der Waals surface area contributed by atoms with Gasteiger partial charge >= 0.3 is 0 Å². The van der Waals surface area contributed by atoms with Gasteiger partial charge in [-0.2, -0.15) is 0 Å². The molecule has 0 N–H and O–H groups in total. The van der Waals surface area contributed by atoms with E-state index in [0.717, 1.165) is 0 Å². The van der Waals surface area contributed by atoms with Gasteiger partial charge in [-0.3, -0.25) is 0 Å². The summed E-state index contributed by atoms with van der Waals surface area (Å²) in [7, 11) is 0. The Morgan fingerprint density at radius 3 is 2.67 bits per heavy atom. The molecule has 0 saturated heterocycles. The van der Waals surface area contributed by atoms with Crippen LogP contribution in [0.3, 0.4) is 0 Å². The fraction of sp³-hybridized carbons (Fsp3) is 0.500. The topological polar surface area (TPSA) is 0 Å². The van der Waals surface area contributed by atoms with Crippen molar-refractivity contribution >= 4 is 0 Å². The van der Waals surface area contributed by atoms with Crippen LogP contribution < -0.4 is 0 Å². The lowest BCUT2D eigenvalue weighted by Gasteiger charge is -2.22. The Hall–Kier alpha value is -0.780. The van der Waals surface area contributed by atoms with Gasteiger partial charge in [0, 0.05) is 5.92 Å². The van der Waals surface area contributed by atoms with Crippen molar-refractivity contribution in [1.82, 2.24) is 0 Å². The van der Waals surface area contributed by atoms with Gasteiger partial charge in [-0.1, -0.05) is 34.9 Å². The molecule has 0 radical (unpaired) electrons. The van der Waals surface area contributed by atoms with Crippen LogP contribution >= 0.6 is 0 Å². The SMILES string of the molecule is C/C=C(/C)C1CC(C)=CC=C1C. The first-order valence-corrected chi connectivity index (χ1v) is 4.62. The highest BCUT2D eigenvalue weighted by atomic mass is 14.2. The molecule has 1 aliphatic carbocycles. The average molecular weight is 162 g/mol. The minimum atomic E-state index is 0.667. The van der Waals surface area contributed by atoms with Crippen LogP contribution in [0.5, 0.6) is 0 Å². The molecule has 0 aromatic heterocycles. The molecule has 12 heavy (non-hydrogen) atoms. The first-order chi connectivity index (χ1) is 5.65. The Morgan fingerprint density at radius 2 is 2.08 bits per heavy atom. The van der Waals surface area contributed by atoms with E-state index in [2.05, 4.69) is 45.9 Å². The van der Waals surface area contributed by atoms with Crippen molar-refractivity contribution in [2.75, 3.05) is 0 Å². The maximum absolute atomic E-state index is 2.25. The van der Waals surface area contributed by atoms with Gasteiger partial charge in [0.05, 0.1) is 0 Å². The van der Waals surface area contributed by atoms with Crippen LogP contribution in [-0.2, 0) is 0 Å². The third kappa shape index (κ3) is 1.88. The molecular formula is C12H18. The maximum atomic E-state index is 2.25. The number of allylic oxidation sites excluding steroid dienone is 6. The Labute approximate surface area is 75.7 Å². The molecule has 0 saturated carbocycles. The van der Waals surface area contributed by atoms with Crippen molar-refractivity contribution in [3.05, 3.63) is 34.9 Å². The highest BCUT2D eigenvalue weighted by Gasteiger charge is 2.15. The van der Waals surface area contributed by atoms with Crippen LogP contribution in [0, 0.1) is 5.92 Å². The van der Waals surface area contributed by atoms with Gasteiger partial charge in [0.1, 0.15) is 0 Å². The van der Waals surface area contributed by atoms with E-state index in [1.807, 2.05) is 0 Å². The van der Waals surface area contributed by atoms with E-state index in [9.17, 15) is 0 Å². The van der Waals surface area contributed by atoms with Crippen LogP contribution in [0.15, 0.2) is 34.9 Å². The molecule has 0 spiro atoms. The number of hydrogen-bond acceptors (Lipinski definition) is 0. The zero-order chi connectivity index (χ0) is 9.14. The van der Waals surface area contributed by atoms with Crippen LogP contribution in [-0.4, -0.2) is 0 Å². The lowest BCUT2D eigenvalue weighted by Crippen LogP contribution is -2.07. The molecule has 1 aliphatic rings. The Balaban J connectivity index is 2.84. The summed E-state index contributed by atoms with van der Waals surface area (Å²) in [6, 6.07) is 0. The molecule has 1 rings (SSSR count). The van der Waals surface area contributed by atoms with Crippen LogP contribution in [0.4, 0.5) is 0 Å². The molecule has 0 nitrogen and oxygen atoms in total. The molecule has 0 bridgehead atoms. The Kier molecular flexibility index (Phi) is 2.91. The second-order valence-electron chi connectivity index (χ2n) is 3.71. The maximum Gasteiger partial charge on any atom is 0.00416 e. The van der Waals surface area contributed by atoms with Gasteiger partial charge in [-0.15, -0.1) is 0 Å². The van der Waals surface area contributed by atoms with E-state index >= 15 is 0 Å². The second kappa shape index (κ2) is 3.75. The Bertz CT molecular complexity index is 251. The molecule has 0 aliphatic heterocycles. The molecule has 0 amide bonds. The van der Waals surface area contributed by atoms with E-state index in [4.69, 9.17) is 0 Å². The third-order valence-corrected chi connectivity index (χ3v) is 2.71. The molecular weight excluding hydrogens is 144 g/mol. The van der Waals surface area contributed by atoms with Crippen molar-refractivity contribution < 1.29 is 0 Å². The molecule has 1 unspecified atom stereocenters. The molecule has 0 heteroatoms. The third-order valence-electron chi connectivity index (χ3n) is 2.71. The summed E-state index contributed by atoms with van der Waals surface area (Å²) in [6.07, 6.45) is 7.91. The molecule has 0 fully saturated rings.